The first-order valence-electron chi connectivity index (χ1n) is 7.69. The molecule has 1 N–H and O–H groups in total. The highest BCUT2D eigenvalue weighted by Crippen LogP contribution is 2.42. The van der Waals surface area contributed by atoms with E-state index >= 15 is 0 Å². The highest BCUT2D eigenvalue weighted by Gasteiger charge is 2.39. The van der Waals surface area contributed by atoms with E-state index in [9.17, 15) is 5.11 Å². The molecule has 2 heteroatoms. The topological polar surface area (TPSA) is 20.2 Å². The molecule has 2 aromatic carbocycles. The van der Waals surface area contributed by atoms with Crippen molar-refractivity contribution < 1.29 is 5.11 Å². The molecule has 0 spiro atoms. The highest BCUT2D eigenvalue weighted by atomic mass is 79.9. The largest absolute Gasteiger partial charge is 0.389 e. The van der Waals surface area contributed by atoms with Crippen LogP contribution < -0.4 is 0 Å². The summed E-state index contributed by atoms with van der Waals surface area (Å²) in [6, 6.07) is 18.8. The monoisotopic (exact) mass is 344 g/mol. The van der Waals surface area contributed by atoms with Crippen LogP contribution in [0.1, 0.15) is 42.7 Å². The molecule has 1 aliphatic rings. The summed E-state index contributed by atoms with van der Waals surface area (Å²) in [5, 5.41) is 11.3. The van der Waals surface area contributed by atoms with Gasteiger partial charge in [0.1, 0.15) is 0 Å². The lowest BCUT2D eigenvalue weighted by Crippen LogP contribution is -2.41. The average Bonchev–Trinajstić information content (AvgIpc) is 2.48. The van der Waals surface area contributed by atoms with Crippen LogP contribution in [-0.4, -0.2) is 10.7 Å². The number of halogens is 1. The van der Waals surface area contributed by atoms with Crippen molar-refractivity contribution in [3.8, 4) is 0 Å². The number of hydrogen-bond donors (Lipinski definition) is 1. The van der Waals surface area contributed by atoms with Gasteiger partial charge in [-0.1, -0.05) is 71.2 Å². The van der Waals surface area contributed by atoms with Crippen LogP contribution in [0.3, 0.4) is 0 Å². The van der Waals surface area contributed by atoms with E-state index < -0.39 is 5.60 Å². The molecule has 21 heavy (non-hydrogen) atoms. The van der Waals surface area contributed by atoms with Crippen molar-refractivity contribution in [1.82, 2.24) is 0 Å². The zero-order chi connectivity index (χ0) is 14.7. The Morgan fingerprint density at radius 3 is 2.62 bits per heavy atom. The van der Waals surface area contributed by atoms with E-state index in [0.29, 0.717) is 0 Å². The van der Waals surface area contributed by atoms with Gasteiger partial charge in [0, 0.05) is 16.8 Å². The normalized spacial score (nSPS) is 25.7. The Labute approximate surface area is 135 Å². The van der Waals surface area contributed by atoms with Gasteiger partial charge in [-0.3, -0.25) is 0 Å². The number of benzene rings is 2. The maximum atomic E-state index is 11.3. The Balaban J connectivity index is 1.88. The molecular formula is C19H21BrO. The molecule has 1 aliphatic carbocycles. The first-order chi connectivity index (χ1) is 10.2. The molecule has 0 bridgehead atoms. The summed E-state index contributed by atoms with van der Waals surface area (Å²) >= 11 is 3.52. The predicted octanol–water partition coefficient (Wildman–Crippen LogP) is 5.08. The lowest BCUT2D eigenvalue weighted by molar-refractivity contribution is -0.0167. The molecule has 0 aromatic heterocycles. The fourth-order valence-corrected chi connectivity index (χ4v) is 4.04. The van der Waals surface area contributed by atoms with Crippen LogP contribution in [0, 0.1) is 0 Å². The molecule has 1 nitrogen and oxygen atoms in total. The van der Waals surface area contributed by atoms with Gasteiger partial charge in [-0.2, -0.15) is 0 Å². The minimum atomic E-state index is -0.625. The number of rotatable bonds is 3. The third-order valence-corrected chi connectivity index (χ3v) is 5.10. The molecule has 2 atom stereocenters. The van der Waals surface area contributed by atoms with Crippen molar-refractivity contribution in [3.63, 3.8) is 0 Å². The van der Waals surface area contributed by atoms with E-state index in [4.69, 9.17) is 0 Å². The third kappa shape index (κ3) is 3.38. The van der Waals surface area contributed by atoms with E-state index in [1.807, 2.05) is 18.2 Å². The van der Waals surface area contributed by atoms with Crippen molar-refractivity contribution in [3.05, 3.63) is 70.2 Å². The lowest BCUT2D eigenvalue weighted by Gasteiger charge is -2.40. The Morgan fingerprint density at radius 1 is 1.05 bits per heavy atom. The molecule has 0 amide bonds. The van der Waals surface area contributed by atoms with Gasteiger partial charge in [-0.05, 0) is 36.1 Å². The summed E-state index contributed by atoms with van der Waals surface area (Å²) in [5.74, 6) is 0.242. The standard InChI is InChI=1S/C19H21BrO/c20-17-10-6-7-15(13-17)14-19(21)12-5-4-11-18(19)16-8-2-1-3-9-16/h1-3,6-10,13,18,21H,4-5,11-12,14H2. The van der Waals surface area contributed by atoms with Gasteiger partial charge in [0.2, 0.25) is 0 Å². The number of aliphatic hydroxyl groups is 1. The zero-order valence-electron chi connectivity index (χ0n) is 12.1. The van der Waals surface area contributed by atoms with E-state index in [1.54, 1.807) is 0 Å². The molecular weight excluding hydrogens is 324 g/mol. The lowest BCUT2D eigenvalue weighted by atomic mass is 9.69. The highest BCUT2D eigenvalue weighted by molar-refractivity contribution is 9.10. The molecule has 2 unspecified atom stereocenters. The zero-order valence-corrected chi connectivity index (χ0v) is 13.7. The fraction of sp³-hybridized carbons (Fsp3) is 0.368. The van der Waals surface area contributed by atoms with Crippen LogP contribution in [0.4, 0.5) is 0 Å². The van der Waals surface area contributed by atoms with Crippen LogP contribution >= 0.6 is 15.9 Å². The minimum absolute atomic E-state index is 0.242. The Hall–Kier alpha value is -1.12. The second kappa shape index (κ2) is 6.33. The molecule has 0 saturated heterocycles. The maximum absolute atomic E-state index is 11.3. The van der Waals surface area contributed by atoms with Crippen LogP contribution in [0.2, 0.25) is 0 Å². The van der Waals surface area contributed by atoms with Gasteiger partial charge in [0.25, 0.3) is 0 Å². The summed E-state index contributed by atoms with van der Waals surface area (Å²) < 4.78 is 1.08. The smallest absolute Gasteiger partial charge is 0.0756 e. The van der Waals surface area contributed by atoms with Crippen molar-refractivity contribution in [2.75, 3.05) is 0 Å². The van der Waals surface area contributed by atoms with Gasteiger partial charge >= 0.3 is 0 Å². The van der Waals surface area contributed by atoms with Gasteiger partial charge in [-0.15, -0.1) is 0 Å². The van der Waals surface area contributed by atoms with E-state index in [2.05, 4.69) is 52.3 Å². The predicted molar refractivity (Wildman–Crippen MR) is 90.4 cm³/mol. The Morgan fingerprint density at radius 2 is 1.86 bits per heavy atom. The maximum Gasteiger partial charge on any atom is 0.0756 e. The Kier molecular flexibility index (Phi) is 4.46. The average molecular weight is 345 g/mol. The fourth-order valence-electron chi connectivity index (χ4n) is 3.60. The second-order valence-electron chi connectivity index (χ2n) is 6.12. The SMILES string of the molecule is OC1(Cc2cccc(Br)c2)CCCCC1c1ccccc1. The summed E-state index contributed by atoms with van der Waals surface area (Å²) in [7, 11) is 0. The van der Waals surface area contributed by atoms with E-state index in [-0.39, 0.29) is 5.92 Å². The minimum Gasteiger partial charge on any atom is -0.389 e. The van der Waals surface area contributed by atoms with E-state index in [0.717, 1.165) is 30.2 Å². The molecule has 2 aromatic rings. The third-order valence-electron chi connectivity index (χ3n) is 4.60. The molecule has 0 heterocycles. The Bertz CT molecular complexity index is 596. The van der Waals surface area contributed by atoms with Crippen molar-refractivity contribution in [2.24, 2.45) is 0 Å². The number of hydrogen-bond acceptors (Lipinski definition) is 1. The molecule has 3 rings (SSSR count). The molecule has 110 valence electrons. The summed E-state index contributed by atoms with van der Waals surface area (Å²) in [4.78, 5) is 0. The van der Waals surface area contributed by atoms with Gasteiger partial charge in [0.05, 0.1) is 5.60 Å². The van der Waals surface area contributed by atoms with Crippen molar-refractivity contribution in [1.29, 1.82) is 0 Å². The van der Waals surface area contributed by atoms with E-state index in [1.165, 1.54) is 17.5 Å². The van der Waals surface area contributed by atoms with Gasteiger partial charge < -0.3 is 5.11 Å². The van der Waals surface area contributed by atoms with Gasteiger partial charge in [-0.25, -0.2) is 0 Å². The molecule has 1 saturated carbocycles. The van der Waals surface area contributed by atoms with Crippen LogP contribution in [0.25, 0.3) is 0 Å². The summed E-state index contributed by atoms with van der Waals surface area (Å²) in [6.45, 7) is 0. The second-order valence-corrected chi connectivity index (χ2v) is 7.03. The van der Waals surface area contributed by atoms with Crippen molar-refractivity contribution >= 4 is 15.9 Å². The molecule has 0 aliphatic heterocycles. The summed E-state index contributed by atoms with van der Waals surface area (Å²) in [6.07, 6.45) is 5.02. The first-order valence-corrected chi connectivity index (χ1v) is 8.48. The van der Waals surface area contributed by atoms with Crippen molar-refractivity contribution in [2.45, 2.75) is 43.6 Å². The molecule has 0 radical (unpaired) electrons. The summed E-state index contributed by atoms with van der Waals surface area (Å²) in [5.41, 5.74) is 1.85. The molecule has 1 fully saturated rings. The van der Waals surface area contributed by atoms with Crippen LogP contribution in [0.15, 0.2) is 59.1 Å². The first kappa shape index (κ1) is 14.8. The van der Waals surface area contributed by atoms with Gasteiger partial charge in [0.15, 0.2) is 0 Å². The van der Waals surface area contributed by atoms with Crippen LogP contribution in [-0.2, 0) is 6.42 Å². The van der Waals surface area contributed by atoms with Crippen LogP contribution in [0.5, 0.6) is 0 Å². The quantitative estimate of drug-likeness (QED) is 0.822.